The molecule has 0 aliphatic carbocycles. The Morgan fingerprint density at radius 2 is 1.88 bits per heavy atom. The molecule has 1 aliphatic heterocycles. The lowest BCUT2D eigenvalue weighted by Gasteiger charge is -2.16. The minimum atomic E-state index is -1.26. The number of amidine groups is 1. The maximum Gasteiger partial charge on any atom is 0.337 e. The zero-order valence-electron chi connectivity index (χ0n) is 21.5. The average molecular weight is 536 g/mol. The molecule has 4 N–H and O–H groups in total. The Bertz CT molecular complexity index is 1630. The number of carbonyl (C=O) groups is 1. The van der Waals surface area contributed by atoms with Crippen LogP contribution in [0.2, 0.25) is 0 Å². The smallest absolute Gasteiger partial charge is 0.337 e. The number of aromatic nitrogens is 2. The van der Waals surface area contributed by atoms with Crippen molar-refractivity contribution in [2.24, 2.45) is 4.99 Å². The largest absolute Gasteiger partial charge is 0.478 e. The van der Waals surface area contributed by atoms with Crippen molar-refractivity contribution < 1.29 is 19.4 Å². The fraction of sp³-hybridized carbons (Fsp3) is 0.138. The number of hydrogen-bond donors (Lipinski definition) is 3. The predicted molar refractivity (Wildman–Crippen MR) is 149 cm³/mol. The molecular weight excluding hydrogens is 510 g/mol. The van der Waals surface area contributed by atoms with Crippen LogP contribution in [0.3, 0.4) is 0 Å². The van der Waals surface area contributed by atoms with Gasteiger partial charge in [-0.05, 0) is 35.9 Å². The molecule has 5 rings (SSSR count). The van der Waals surface area contributed by atoms with E-state index in [1.807, 2.05) is 61.6 Å². The number of rotatable bonds is 9. The SMILES string of the molecule is CN1CCN=C1c1cccc(Oc2nc(NCc3ccccc3)c(N)c(Oc3ccc(C#N)c(C(=O)O)c3)n2)c1. The summed E-state index contributed by atoms with van der Waals surface area (Å²) in [5.41, 5.74) is 8.16. The lowest BCUT2D eigenvalue weighted by Crippen LogP contribution is -2.23. The van der Waals surface area contributed by atoms with E-state index in [9.17, 15) is 15.2 Å². The highest BCUT2D eigenvalue weighted by atomic mass is 16.5. The zero-order chi connectivity index (χ0) is 28.1. The van der Waals surface area contributed by atoms with Crippen molar-refractivity contribution in [3.05, 3.63) is 95.1 Å². The van der Waals surface area contributed by atoms with Gasteiger partial charge in [-0.25, -0.2) is 4.79 Å². The fourth-order valence-corrected chi connectivity index (χ4v) is 4.09. The normalized spacial score (nSPS) is 12.4. The molecule has 40 heavy (non-hydrogen) atoms. The minimum absolute atomic E-state index is 0.00198. The van der Waals surface area contributed by atoms with E-state index in [0.29, 0.717) is 12.3 Å². The van der Waals surface area contributed by atoms with E-state index in [2.05, 4.69) is 25.2 Å². The van der Waals surface area contributed by atoms with Crippen LogP contribution >= 0.6 is 0 Å². The first-order valence-corrected chi connectivity index (χ1v) is 12.4. The maximum atomic E-state index is 11.6. The summed E-state index contributed by atoms with van der Waals surface area (Å²) in [6, 6.07) is 23.0. The highest BCUT2D eigenvalue weighted by Gasteiger charge is 2.19. The van der Waals surface area contributed by atoms with Gasteiger partial charge in [0.05, 0.1) is 17.7 Å². The first kappa shape index (κ1) is 26.0. The molecule has 1 aromatic heterocycles. The highest BCUT2D eigenvalue weighted by molar-refractivity contribution is 5.99. The number of nitriles is 1. The zero-order valence-corrected chi connectivity index (χ0v) is 21.5. The van der Waals surface area contributed by atoms with Gasteiger partial charge in [0.25, 0.3) is 5.88 Å². The van der Waals surface area contributed by atoms with Crippen molar-refractivity contribution in [1.29, 1.82) is 5.26 Å². The van der Waals surface area contributed by atoms with Crippen LogP contribution in [-0.4, -0.2) is 51.9 Å². The topological polar surface area (TPSA) is 159 Å². The summed E-state index contributed by atoms with van der Waals surface area (Å²) in [4.78, 5) is 27.1. The van der Waals surface area contributed by atoms with Gasteiger partial charge in [-0.2, -0.15) is 15.2 Å². The Labute approximate surface area is 230 Å². The van der Waals surface area contributed by atoms with E-state index in [4.69, 9.17) is 15.2 Å². The minimum Gasteiger partial charge on any atom is -0.478 e. The Kier molecular flexibility index (Phi) is 7.41. The maximum absolute atomic E-state index is 11.6. The second kappa shape index (κ2) is 11.4. The van der Waals surface area contributed by atoms with E-state index >= 15 is 0 Å². The molecule has 0 saturated carbocycles. The van der Waals surface area contributed by atoms with Crippen LogP contribution in [0.4, 0.5) is 11.5 Å². The van der Waals surface area contributed by atoms with Gasteiger partial charge >= 0.3 is 12.0 Å². The number of carboxylic acid groups (broad SMARTS) is 1. The molecule has 0 spiro atoms. The molecule has 2 heterocycles. The van der Waals surface area contributed by atoms with E-state index in [1.54, 1.807) is 6.07 Å². The third-order valence-corrected chi connectivity index (χ3v) is 6.11. The van der Waals surface area contributed by atoms with E-state index in [-0.39, 0.29) is 40.3 Å². The number of carboxylic acids is 1. The van der Waals surface area contributed by atoms with Crippen LogP contribution in [0.25, 0.3) is 0 Å². The number of aliphatic imine (C=N–C) groups is 1. The molecular formula is C29H25N7O4. The summed E-state index contributed by atoms with van der Waals surface area (Å²) in [5.74, 6) is 0.449. The molecule has 0 saturated heterocycles. The van der Waals surface area contributed by atoms with Gasteiger partial charge in [0.1, 0.15) is 29.1 Å². The monoisotopic (exact) mass is 535 g/mol. The first-order chi connectivity index (χ1) is 19.4. The van der Waals surface area contributed by atoms with E-state index in [1.165, 1.54) is 18.2 Å². The molecule has 200 valence electrons. The predicted octanol–water partition coefficient (Wildman–Crippen LogP) is 4.52. The summed E-state index contributed by atoms with van der Waals surface area (Å²) in [7, 11) is 1.98. The van der Waals surface area contributed by atoms with Crippen molar-refractivity contribution in [2.45, 2.75) is 6.54 Å². The second-order valence-electron chi connectivity index (χ2n) is 8.90. The summed E-state index contributed by atoms with van der Waals surface area (Å²) >= 11 is 0. The van der Waals surface area contributed by atoms with Crippen LogP contribution in [0.15, 0.2) is 77.8 Å². The van der Waals surface area contributed by atoms with Crippen LogP contribution < -0.4 is 20.5 Å². The van der Waals surface area contributed by atoms with Crippen LogP contribution in [-0.2, 0) is 6.54 Å². The summed E-state index contributed by atoms with van der Waals surface area (Å²) in [6.07, 6.45) is 0. The lowest BCUT2D eigenvalue weighted by atomic mass is 10.1. The summed E-state index contributed by atoms with van der Waals surface area (Å²) in [5, 5.41) is 21.9. The molecule has 0 amide bonds. The van der Waals surface area contributed by atoms with Crippen LogP contribution in [0.1, 0.15) is 27.0 Å². The Balaban J connectivity index is 1.48. The molecule has 11 nitrogen and oxygen atoms in total. The quantitative estimate of drug-likeness (QED) is 0.278. The fourth-order valence-electron chi connectivity index (χ4n) is 4.09. The lowest BCUT2D eigenvalue weighted by molar-refractivity contribution is 0.0696. The van der Waals surface area contributed by atoms with Crippen LogP contribution in [0.5, 0.6) is 23.4 Å². The average Bonchev–Trinajstić information content (AvgIpc) is 3.40. The number of ether oxygens (including phenoxy) is 2. The van der Waals surface area contributed by atoms with Crippen molar-refractivity contribution in [3.8, 4) is 29.5 Å². The van der Waals surface area contributed by atoms with Crippen molar-refractivity contribution in [3.63, 3.8) is 0 Å². The van der Waals surface area contributed by atoms with Gasteiger partial charge < -0.3 is 30.5 Å². The van der Waals surface area contributed by atoms with Gasteiger partial charge in [-0.15, -0.1) is 0 Å². The van der Waals surface area contributed by atoms with Gasteiger partial charge in [-0.3, -0.25) is 4.99 Å². The molecule has 11 heteroatoms. The standard InChI is InChI=1S/C29H25N7O4/c1-36-13-12-32-26(36)19-8-5-9-21(14-19)40-29-34-25(33-17-18-6-3-2-4-7-18)24(31)27(35-29)39-22-11-10-20(16-30)23(15-22)28(37)38/h2-11,14-15H,12-13,17,31H2,1H3,(H,37,38)(H,33,34,35). The Morgan fingerprint density at radius 3 is 2.60 bits per heavy atom. The van der Waals surface area contributed by atoms with Crippen molar-refractivity contribution in [2.75, 3.05) is 31.2 Å². The van der Waals surface area contributed by atoms with Crippen LogP contribution in [0, 0.1) is 11.3 Å². The highest BCUT2D eigenvalue weighted by Crippen LogP contribution is 2.34. The van der Waals surface area contributed by atoms with Gasteiger partial charge in [0, 0.05) is 25.7 Å². The Morgan fingerprint density at radius 1 is 1.07 bits per heavy atom. The van der Waals surface area contributed by atoms with Crippen molar-refractivity contribution in [1.82, 2.24) is 14.9 Å². The second-order valence-corrected chi connectivity index (χ2v) is 8.90. The molecule has 1 aliphatic rings. The molecule has 0 atom stereocenters. The number of benzene rings is 3. The third-order valence-electron chi connectivity index (χ3n) is 6.11. The molecule has 0 bridgehead atoms. The Hall–Kier alpha value is -5.63. The molecule has 0 radical (unpaired) electrons. The molecule has 4 aromatic rings. The number of hydrogen-bond acceptors (Lipinski definition) is 10. The number of nitrogens with zero attached hydrogens (tertiary/aromatic N) is 5. The number of anilines is 2. The first-order valence-electron chi connectivity index (χ1n) is 12.4. The molecule has 0 fully saturated rings. The van der Waals surface area contributed by atoms with Gasteiger partial charge in [0.2, 0.25) is 0 Å². The number of nitrogens with two attached hydrogens (primary N) is 1. The van der Waals surface area contributed by atoms with Gasteiger partial charge in [-0.1, -0.05) is 42.5 Å². The number of nitrogens with one attached hydrogen (secondary N) is 1. The van der Waals surface area contributed by atoms with E-state index < -0.39 is 5.97 Å². The third kappa shape index (κ3) is 5.76. The molecule has 3 aromatic carbocycles. The van der Waals surface area contributed by atoms with Crippen molar-refractivity contribution >= 4 is 23.3 Å². The number of likely N-dealkylation sites (N-methyl/N-ethyl adjacent to an activating group) is 1. The number of nitrogen functional groups attached to an aromatic ring is 1. The number of aromatic carboxylic acids is 1. The van der Waals surface area contributed by atoms with E-state index in [0.717, 1.165) is 30.1 Å². The van der Waals surface area contributed by atoms with Gasteiger partial charge in [0.15, 0.2) is 5.82 Å². The summed E-state index contributed by atoms with van der Waals surface area (Å²) in [6.45, 7) is 1.99. The summed E-state index contributed by atoms with van der Waals surface area (Å²) < 4.78 is 11.9. The molecule has 0 unspecified atom stereocenters.